The highest BCUT2D eigenvalue weighted by Gasteiger charge is 2.36. The fourth-order valence-electron chi connectivity index (χ4n) is 3.42. The highest BCUT2D eigenvalue weighted by atomic mass is 35.5. The smallest absolute Gasteiger partial charge is 0.232 e. The molecule has 0 saturated carbocycles. The molecule has 1 aliphatic rings. The summed E-state index contributed by atoms with van der Waals surface area (Å²) in [6.07, 6.45) is 0.313. The summed E-state index contributed by atoms with van der Waals surface area (Å²) in [7, 11) is 0. The summed E-state index contributed by atoms with van der Waals surface area (Å²) in [6, 6.07) is 13.3. The fraction of sp³-hybridized carbons (Fsp3) is 0.348. The van der Waals surface area contributed by atoms with Crippen LogP contribution in [0.15, 0.2) is 47.0 Å². The van der Waals surface area contributed by atoms with E-state index in [0.29, 0.717) is 47.9 Å². The number of carbonyl (C=O) groups is 1. The van der Waals surface area contributed by atoms with E-state index < -0.39 is 0 Å². The largest absolute Gasteiger partial charge is 0.493 e. The summed E-state index contributed by atoms with van der Waals surface area (Å²) < 4.78 is 11.2. The van der Waals surface area contributed by atoms with E-state index in [1.807, 2.05) is 49.4 Å². The van der Waals surface area contributed by atoms with Crippen LogP contribution in [0.4, 0.5) is 5.69 Å². The first-order valence-electron chi connectivity index (χ1n) is 10.0. The van der Waals surface area contributed by atoms with Crippen molar-refractivity contribution in [2.24, 2.45) is 5.92 Å². The molecule has 30 heavy (non-hydrogen) atoms. The van der Waals surface area contributed by atoms with Crippen LogP contribution in [0.25, 0.3) is 11.4 Å². The van der Waals surface area contributed by atoms with Crippen molar-refractivity contribution in [3.05, 3.63) is 58.9 Å². The quantitative estimate of drug-likeness (QED) is 0.539. The van der Waals surface area contributed by atoms with Crippen LogP contribution in [-0.4, -0.2) is 29.2 Å². The molecule has 0 spiro atoms. The van der Waals surface area contributed by atoms with Gasteiger partial charge in [-0.05, 0) is 54.8 Å². The molecule has 1 unspecified atom stereocenters. The van der Waals surface area contributed by atoms with Crippen molar-refractivity contribution < 1.29 is 14.1 Å². The van der Waals surface area contributed by atoms with Gasteiger partial charge in [0.1, 0.15) is 5.75 Å². The highest BCUT2D eigenvalue weighted by molar-refractivity contribution is 6.34. The lowest BCUT2D eigenvalue weighted by atomic mass is 10.1. The summed E-state index contributed by atoms with van der Waals surface area (Å²) in [5.74, 6) is 2.07. The Bertz CT molecular complexity index is 1050. The van der Waals surface area contributed by atoms with Crippen molar-refractivity contribution in [2.75, 3.05) is 18.1 Å². The Morgan fingerprint density at radius 3 is 2.70 bits per heavy atom. The minimum absolute atomic E-state index is 0.00263. The van der Waals surface area contributed by atoms with Gasteiger partial charge in [-0.3, -0.25) is 4.79 Å². The van der Waals surface area contributed by atoms with Crippen molar-refractivity contribution in [3.63, 3.8) is 0 Å². The summed E-state index contributed by atoms with van der Waals surface area (Å²) in [5.41, 5.74) is 2.60. The van der Waals surface area contributed by atoms with Gasteiger partial charge in [0.05, 0.1) is 23.2 Å². The van der Waals surface area contributed by atoms with Crippen LogP contribution in [0.3, 0.4) is 0 Å². The molecule has 156 valence electrons. The van der Waals surface area contributed by atoms with Crippen LogP contribution in [-0.2, 0) is 4.79 Å². The average Bonchev–Trinajstić information content (AvgIpc) is 3.34. The van der Waals surface area contributed by atoms with Crippen LogP contribution in [0.2, 0.25) is 5.02 Å². The summed E-state index contributed by atoms with van der Waals surface area (Å²) in [6.45, 7) is 7.31. The van der Waals surface area contributed by atoms with Gasteiger partial charge in [-0.1, -0.05) is 36.7 Å². The second-order valence-corrected chi connectivity index (χ2v) is 8.45. The lowest BCUT2D eigenvalue weighted by molar-refractivity contribution is -0.117. The Labute approximate surface area is 180 Å². The van der Waals surface area contributed by atoms with Crippen LogP contribution in [0.1, 0.15) is 37.6 Å². The molecule has 1 atom stereocenters. The van der Waals surface area contributed by atoms with Crippen LogP contribution >= 0.6 is 11.6 Å². The molecule has 1 saturated heterocycles. The predicted molar refractivity (Wildman–Crippen MR) is 116 cm³/mol. The van der Waals surface area contributed by atoms with Gasteiger partial charge in [0.15, 0.2) is 0 Å². The van der Waals surface area contributed by atoms with Gasteiger partial charge in [-0.25, -0.2) is 0 Å². The molecule has 4 rings (SSSR count). The second-order valence-electron chi connectivity index (χ2n) is 8.05. The number of hydrogen-bond acceptors (Lipinski definition) is 5. The monoisotopic (exact) mass is 425 g/mol. The lowest BCUT2D eigenvalue weighted by Gasteiger charge is -2.18. The van der Waals surface area contributed by atoms with E-state index >= 15 is 0 Å². The molecule has 2 heterocycles. The van der Waals surface area contributed by atoms with Crippen molar-refractivity contribution in [1.82, 2.24) is 10.1 Å². The molecule has 1 aromatic heterocycles. The van der Waals surface area contributed by atoms with E-state index in [4.69, 9.17) is 20.9 Å². The summed E-state index contributed by atoms with van der Waals surface area (Å²) in [4.78, 5) is 18.8. The minimum Gasteiger partial charge on any atom is -0.493 e. The van der Waals surface area contributed by atoms with Crippen LogP contribution < -0.4 is 9.64 Å². The Balaban J connectivity index is 1.47. The number of rotatable bonds is 6. The van der Waals surface area contributed by atoms with Gasteiger partial charge in [0.2, 0.25) is 17.6 Å². The minimum atomic E-state index is -0.162. The number of benzene rings is 2. The number of nitrogens with zero attached hydrogens (tertiary/aromatic N) is 3. The van der Waals surface area contributed by atoms with Crippen molar-refractivity contribution >= 4 is 23.2 Å². The zero-order valence-corrected chi connectivity index (χ0v) is 18.0. The van der Waals surface area contributed by atoms with Gasteiger partial charge in [0, 0.05) is 18.5 Å². The topological polar surface area (TPSA) is 68.5 Å². The van der Waals surface area contributed by atoms with Gasteiger partial charge in [-0.15, -0.1) is 0 Å². The van der Waals surface area contributed by atoms with E-state index in [-0.39, 0.29) is 11.8 Å². The number of aromatic nitrogens is 2. The maximum absolute atomic E-state index is 12.6. The zero-order valence-electron chi connectivity index (χ0n) is 17.3. The third-order valence-corrected chi connectivity index (χ3v) is 5.31. The molecule has 1 fully saturated rings. The van der Waals surface area contributed by atoms with Crippen LogP contribution in [0, 0.1) is 12.8 Å². The first-order valence-corrected chi connectivity index (χ1v) is 10.4. The van der Waals surface area contributed by atoms with Crippen LogP contribution in [0.5, 0.6) is 5.75 Å². The molecule has 0 bridgehead atoms. The molecule has 1 aliphatic heterocycles. The van der Waals surface area contributed by atoms with Crippen molar-refractivity contribution in [1.29, 1.82) is 0 Å². The number of halogens is 1. The first-order chi connectivity index (χ1) is 14.4. The molecular formula is C23H24ClN3O3. The number of carbonyl (C=O) groups excluding carboxylic acids is 1. The van der Waals surface area contributed by atoms with Gasteiger partial charge >= 0.3 is 0 Å². The summed E-state index contributed by atoms with van der Waals surface area (Å²) >= 11 is 6.35. The van der Waals surface area contributed by atoms with E-state index in [0.717, 1.165) is 16.9 Å². The predicted octanol–water partition coefficient (Wildman–Crippen LogP) is 5.25. The Hall–Kier alpha value is -2.86. The maximum atomic E-state index is 12.6. The van der Waals surface area contributed by atoms with Crippen molar-refractivity contribution in [2.45, 2.75) is 33.1 Å². The highest BCUT2D eigenvalue weighted by Crippen LogP contribution is 2.35. The number of ether oxygens (including phenoxy) is 1. The molecule has 0 N–H and O–H groups in total. The second kappa shape index (κ2) is 8.48. The van der Waals surface area contributed by atoms with Crippen molar-refractivity contribution in [3.8, 4) is 17.1 Å². The average molecular weight is 426 g/mol. The van der Waals surface area contributed by atoms with E-state index in [9.17, 15) is 4.79 Å². The van der Waals surface area contributed by atoms with Gasteiger partial charge < -0.3 is 14.2 Å². The number of hydrogen-bond donors (Lipinski definition) is 0. The maximum Gasteiger partial charge on any atom is 0.232 e. The van der Waals surface area contributed by atoms with Gasteiger partial charge in [0.25, 0.3) is 0 Å². The molecule has 1 amide bonds. The SMILES string of the molecule is Cc1ccc(N2CC(c3nc(-c4ccc(OCC(C)C)cc4)no3)CC2=O)c(Cl)c1. The molecule has 6 nitrogen and oxygen atoms in total. The van der Waals surface area contributed by atoms with Gasteiger partial charge in [-0.2, -0.15) is 4.98 Å². The third-order valence-electron chi connectivity index (χ3n) is 5.01. The molecule has 2 aromatic carbocycles. The lowest BCUT2D eigenvalue weighted by Crippen LogP contribution is -2.24. The summed E-state index contributed by atoms with van der Waals surface area (Å²) in [5, 5.41) is 4.67. The van der Waals surface area contributed by atoms with E-state index in [1.54, 1.807) is 4.90 Å². The normalized spacial score (nSPS) is 16.5. The van der Waals surface area contributed by atoms with E-state index in [2.05, 4.69) is 24.0 Å². The molecular weight excluding hydrogens is 402 g/mol. The number of aryl methyl sites for hydroxylation is 1. The van der Waals surface area contributed by atoms with E-state index in [1.165, 1.54) is 0 Å². The number of anilines is 1. The first kappa shape index (κ1) is 20.4. The molecule has 0 aliphatic carbocycles. The Kier molecular flexibility index (Phi) is 5.77. The molecule has 7 heteroatoms. The Morgan fingerprint density at radius 2 is 2.00 bits per heavy atom. The standard InChI is InChI=1S/C23H24ClN3O3/c1-14(2)13-29-18-7-5-16(6-8-18)22-25-23(30-26-22)17-11-21(28)27(12-17)20-9-4-15(3)10-19(20)24/h4-10,14,17H,11-13H2,1-3H3. The zero-order chi connectivity index (χ0) is 21.3. The fourth-order valence-corrected chi connectivity index (χ4v) is 3.76. The molecule has 3 aromatic rings. The third kappa shape index (κ3) is 4.33. The molecule has 0 radical (unpaired) electrons. The Morgan fingerprint density at radius 1 is 1.23 bits per heavy atom. The number of amides is 1.